The maximum atomic E-state index is 2.53. The van der Waals surface area contributed by atoms with Crippen molar-refractivity contribution in [3.8, 4) is 44.5 Å². The summed E-state index contributed by atoms with van der Waals surface area (Å²) in [7, 11) is 0. The van der Waals surface area contributed by atoms with Gasteiger partial charge in [0, 0.05) is 0 Å². The number of hydrogen-bond donors (Lipinski definition) is 0. The molecule has 0 bridgehead atoms. The molecule has 15 aromatic rings. The van der Waals surface area contributed by atoms with E-state index in [4.69, 9.17) is 0 Å². The van der Waals surface area contributed by atoms with Crippen LogP contribution in [0.1, 0.15) is 0 Å². The van der Waals surface area contributed by atoms with Gasteiger partial charge in [0.1, 0.15) is 0 Å². The lowest BCUT2D eigenvalue weighted by Crippen LogP contribution is -1.91. The molecule has 0 saturated heterocycles. The van der Waals surface area contributed by atoms with E-state index in [0.29, 0.717) is 0 Å². The van der Waals surface area contributed by atoms with Gasteiger partial charge in [0.15, 0.2) is 0 Å². The van der Waals surface area contributed by atoms with E-state index >= 15 is 0 Å². The van der Waals surface area contributed by atoms with E-state index in [1.54, 1.807) is 0 Å². The van der Waals surface area contributed by atoms with Crippen molar-refractivity contribution < 1.29 is 0 Å². The topological polar surface area (TPSA) is 0 Å². The minimum Gasteiger partial charge on any atom is -0.0622 e. The Morgan fingerprint density at radius 3 is 1.15 bits per heavy atom. The summed E-state index contributed by atoms with van der Waals surface area (Å²) in [6, 6.07) is 86.5. The van der Waals surface area contributed by atoms with Crippen molar-refractivity contribution in [1.29, 1.82) is 0 Å². The lowest BCUT2D eigenvalue weighted by atomic mass is 9.83. The Balaban J connectivity index is 1.12. The first kappa shape index (κ1) is 35.8. The van der Waals surface area contributed by atoms with Gasteiger partial charge in [-0.1, -0.05) is 212 Å². The van der Waals surface area contributed by atoms with Gasteiger partial charge in [-0.2, -0.15) is 0 Å². The molecule has 0 heteroatoms. The molecule has 0 atom stereocenters. The summed E-state index contributed by atoms with van der Waals surface area (Å²) in [5.41, 5.74) is 10.1. The Kier molecular flexibility index (Phi) is 7.31. The normalized spacial score (nSPS) is 12.2. The molecule has 0 aliphatic carbocycles. The zero-order valence-electron chi connectivity index (χ0n) is 35.9. The Morgan fingerprint density at radius 2 is 0.561 bits per heavy atom. The van der Waals surface area contributed by atoms with E-state index in [1.165, 1.54) is 152 Å². The molecule has 0 saturated carbocycles. The molecular formula is C66H38. The maximum absolute atomic E-state index is 2.53. The van der Waals surface area contributed by atoms with Gasteiger partial charge in [0.05, 0.1) is 0 Å². The Hall–Kier alpha value is -8.58. The van der Waals surface area contributed by atoms with Gasteiger partial charge in [-0.15, -0.1) is 0 Å². The fraction of sp³-hybridized carbons (Fsp3) is 0. The van der Waals surface area contributed by atoms with Crippen molar-refractivity contribution in [2.45, 2.75) is 0 Å². The second kappa shape index (κ2) is 13.5. The van der Waals surface area contributed by atoms with Crippen LogP contribution in [0.3, 0.4) is 0 Å². The van der Waals surface area contributed by atoms with Crippen LogP contribution in [0, 0.1) is 0 Å². The highest BCUT2D eigenvalue weighted by Gasteiger charge is 2.27. The first-order valence-corrected chi connectivity index (χ1v) is 23.1. The van der Waals surface area contributed by atoms with E-state index in [2.05, 4.69) is 231 Å². The van der Waals surface area contributed by atoms with Gasteiger partial charge in [0.2, 0.25) is 0 Å². The predicted octanol–water partition coefficient (Wildman–Crippen LogP) is 18.8. The fourth-order valence-electron chi connectivity index (χ4n) is 12.3. The third-order valence-corrected chi connectivity index (χ3v) is 14.9. The Morgan fingerprint density at radius 1 is 0.152 bits per heavy atom. The molecule has 0 spiro atoms. The first-order valence-electron chi connectivity index (χ1n) is 23.1. The smallest absolute Gasteiger partial charge is 0.000697 e. The highest BCUT2D eigenvalue weighted by atomic mass is 14.3. The van der Waals surface area contributed by atoms with Crippen LogP contribution < -0.4 is 0 Å². The SMILES string of the molecule is c1ccc(-c2c3ccccc3c(-c3ccc4cc5c6c(-c7ccccc7)c7c(cc8c9ccccc9c9cccc7c98)c(-c7ccccc7)c6c6cccc(c4c3)c65)c3ccccc23)cc1. The molecule has 0 radical (unpaired) electrons. The standard InChI is InChI=1S/C66H38/c1-4-18-39(19-5-1)58-47-26-12-14-28-49(47)59(50-29-15-13-27-48(50)58)43-35-34-42-36-56-63-51(54(42)37-43)31-17-33-53(63)65-60(40-20-6-2-7-21-40)57-38-55-45-25-11-10-24-44(45)46-30-16-32-52(62(46)55)64(57)61(66(56)65)41-22-8-3-9-23-41/h1-38H. The zero-order chi connectivity index (χ0) is 43.0. The van der Waals surface area contributed by atoms with Gasteiger partial charge in [-0.3, -0.25) is 0 Å². The quantitative estimate of drug-likeness (QED) is 0.122. The minimum absolute atomic E-state index is 1.23. The minimum atomic E-state index is 1.23. The molecule has 15 aromatic carbocycles. The number of benzene rings is 13. The van der Waals surface area contributed by atoms with Crippen LogP contribution in [0.4, 0.5) is 0 Å². The van der Waals surface area contributed by atoms with Gasteiger partial charge in [-0.25, -0.2) is 0 Å². The Labute approximate surface area is 380 Å². The maximum Gasteiger partial charge on any atom is -0.000697 e. The number of fused-ring (bicyclic) bond motifs is 12. The molecule has 302 valence electrons. The summed E-state index contributed by atoms with van der Waals surface area (Å²) in [5.74, 6) is 0. The second-order valence-electron chi connectivity index (χ2n) is 18.1. The van der Waals surface area contributed by atoms with E-state index in [-0.39, 0.29) is 0 Å². The summed E-state index contributed by atoms with van der Waals surface area (Å²) in [5, 5.41) is 26.0. The monoisotopic (exact) mass is 830 g/mol. The van der Waals surface area contributed by atoms with Crippen LogP contribution >= 0.6 is 0 Å². The second-order valence-corrected chi connectivity index (χ2v) is 18.1. The summed E-state index contributed by atoms with van der Waals surface area (Å²) < 4.78 is 0. The molecule has 0 unspecified atom stereocenters. The predicted molar refractivity (Wildman–Crippen MR) is 286 cm³/mol. The third-order valence-electron chi connectivity index (χ3n) is 14.9. The summed E-state index contributed by atoms with van der Waals surface area (Å²) in [6.07, 6.45) is 0. The summed E-state index contributed by atoms with van der Waals surface area (Å²) in [4.78, 5) is 0. The average Bonchev–Trinajstić information content (AvgIpc) is 3.89. The summed E-state index contributed by atoms with van der Waals surface area (Å²) >= 11 is 0. The van der Waals surface area contributed by atoms with Gasteiger partial charge >= 0.3 is 0 Å². The van der Waals surface area contributed by atoms with E-state index in [1.807, 2.05) is 0 Å². The van der Waals surface area contributed by atoms with Crippen molar-refractivity contribution in [1.82, 2.24) is 0 Å². The van der Waals surface area contributed by atoms with E-state index < -0.39 is 0 Å². The molecule has 0 aliphatic rings. The van der Waals surface area contributed by atoms with E-state index in [9.17, 15) is 0 Å². The molecule has 15 rings (SSSR count). The lowest BCUT2D eigenvalue weighted by molar-refractivity contribution is 1.66. The molecule has 0 nitrogen and oxygen atoms in total. The van der Waals surface area contributed by atoms with Crippen molar-refractivity contribution >= 4 is 108 Å². The van der Waals surface area contributed by atoms with Crippen molar-refractivity contribution in [3.05, 3.63) is 231 Å². The summed E-state index contributed by atoms with van der Waals surface area (Å²) in [6.45, 7) is 0. The molecule has 0 aromatic heterocycles. The fourth-order valence-corrected chi connectivity index (χ4v) is 12.3. The molecule has 66 heavy (non-hydrogen) atoms. The van der Waals surface area contributed by atoms with Gasteiger partial charge < -0.3 is 0 Å². The molecule has 0 fully saturated rings. The van der Waals surface area contributed by atoms with Crippen molar-refractivity contribution in [2.24, 2.45) is 0 Å². The van der Waals surface area contributed by atoms with Crippen LogP contribution in [0.15, 0.2) is 231 Å². The average molecular weight is 831 g/mol. The molecule has 0 N–H and O–H groups in total. The number of hydrogen-bond acceptors (Lipinski definition) is 0. The van der Waals surface area contributed by atoms with Crippen molar-refractivity contribution in [3.63, 3.8) is 0 Å². The Bertz CT molecular complexity index is 4410. The van der Waals surface area contributed by atoms with Crippen LogP contribution in [-0.2, 0) is 0 Å². The highest BCUT2D eigenvalue weighted by molar-refractivity contribution is 6.46. The van der Waals surface area contributed by atoms with Crippen LogP contribution in [0.5, 0.6) is 0 Å². The highest BCUT2D eigenvalue weighted by Crippen LogP contribution is 2.55. The van der Waals surface area contributed by atoms with Crippen LogP contribution in [-0.4, -0.2) is 0 Å². The largest absolute Gasteiger partial charge is 0.0622 e. The molecule has 0 aliphatic heterocycles. The third kappa shape index (κ3) is 4.77. The van der Waals surface area contributed by atoms with Crippen LogP contribution in [0.25, 0.3) is 152 Å². The van der Waals surface area contributed by atoms with Crippen molar-refractivity contribution in [2.75, 3.05) is 0 Å². The molecule has 0 heterocycles. The van der Waals surface area contributed by atoms with Gasteiger partial charge in [-0.05, 0) is 170 Å². The first-order chi connectivity index (χ1) is 32.8. The molecular weight excluding hydrogens is 793 g/mol. The van der Waals surface area contributed by atoms with E-state index in [0.717, 1.165) is 0 Å². The molecule has 0 amide bonds. The number of rotatable bonds is 4. The lowest BCUT2D eigenvalue weighted by Gasteiger charge is -2.19. The zero-order valence-corrected chi connectivity index (χ0v) is 35.9. The van der Waals surface area contributed by atoms with Gasteiger partial charge in [0.25, 0.3) is 0 Å². The van der Waals surface area contributed by atoms with Crippen LogP contribution in [0.2, 0.25) is 0 Å².